The predicted molar refractivity (Wildman–Crippen MR) is 111 cm³/mol. The van der Waals surface area contributed by atoms with Crippen LogP contribution >= 0.6 is 0 Å². The molecule has 1 fully saturated rings. The molecule has 0 aromatic heterocycles. The highest BCUT2D eigenvalue weighted by Crippen LogP contribution is 2.37. The lowest BCUT2D eigenvalue weighted by molar-refractivity contribution is -0.137. The third-order valence-electron chi connectivity index (χ3n) is 5.41. The molecule has 0 bridgehead atoms. The highest BCUT2D eigenvalue weighted by molar-refractivity contribution is 5.66. The zero-order valence-corrected chi connectivity index (χ0v) is 16.9. The van der Waals surface area contributed by atoms with Gasteiger partial charge in [-0.15, -0.1) is 0 Å². The molecule has 1 aromatic carbocycles. The van der Waals surface area contributed by atoms with Crippen molar-refractivity contribution in [2.45, 2.75) is 64.1 Å². The van der Waals surface area contributed by atoms with Crippen LogP contribution in [-0.2, 0) is 22.6 Å². The second-order valence-electron chi connectivity index (χ2n) is 7.63. The minimum atomic E-state index is -0.761. The molecule has 0 amide bonds. The Bertz CT molecular complexity index is 653. The van der Waals surface area contributed by atoms with Gasteiger partial charge >= 0.3 is 5.97 Å². The van der Waals surface area contributed by atoms with Crippen molar-refractivity contribution in [2.75, 3.05) is 7.11 Å². The van der Waals surface area contributed by atoms with E-state index in [-0.39, 0.29) is 12.3 Å². The number of unbranched alkanes of at least 4 members (excludes halogenated alkanes) is 1. The van der Waals surface area contributed by atoms with Crippen molar-refractivity contribution in [3.8, 4) is 0 Å². The van der Waals surface area contributed by atoms with E-state index >= 15 is 0 Å². The molecular formula is C24H33FO3. The molecule has 3 atom stereocenters. The van der Waals surface area contributed by atoms with Gasteiger partial charge in [0, 0.05) is 13.5 Å². The van der Waals surface area contributed by atoms with E-state index in [4.69, 9.17) is 9.84 Å². The SMILES string of the molecule is COCc1cccc(CC/C=C/C2CCC(F)[C@@H]2C/C=C\CCCC(=O)O)c1. The number of rotatable bonds is 12. The smallest absolute Gasteiger partial charge is 0.303 e. The molecule has 2 unspecified atom stereocenters. The minimum absolute atomic E-state index is 0.0528. The maximum absolute atomic E-state index is 14.3. The van der Waals surface area contributed by atoms with Crippen LogP contribution in [0.2, 0.25) is 0 Å². The van der Waals surface area contributed by atoms with Crippen molar-refractivity contribution in [2.24, 2.45) is 11.8 Å². The molecule has 154 valence electrons. The summed E-state index contributed by atoms with van der Waals surface area (Å²) in [5.74, 6) is -0.404. The Kier molecular flexibility index (Phi) is 9.98. The topological polar surface area (TPSA) is 46.5 Å². The Labute approximate surface area is 168 Å². The fraction of sp³-hybridized carbons (Fsp3) is 0.542. The van der Waals surface area contributed by atoms with Crippen LogP contribution < -0.4 is 0 Å². The Morgan fingerprint density at radius 3 is 2.82 bits per heavy atom. The molecular weight excluding hydrogens is 355 g/mol. The second kappa shape index (κ2) is 12.5. The van der Waals surface area contributed by atoms with E-state index in [1.54, 1.807) is 7.11 Å². The standard InChI is InChI=1S/C24H33FO3/c1-28-18-20-11-8-10-19(17-20)9-6-7-12-21-15-16-23(25)22(21)13-4-2-3-5-14-24(26)27/h2,4,7-8,10-12,17,21-23H,3,5-6,9,13-16,18H2,1H3,(H,26,27)/b4-2-,12-7+/t21?,22-,23?/m1/s1. The number of halogens is 1. The Balaban J connectivity index is 1.75. The number of hydrogen-bond donors (Lipinski definition) is 1. The van der Waals surface area contributed by atoms with E-state index in [1.165, 1.54) is 11.1 Å². The van der Waals surface area contributed by atoms with Gasteiger partial charge in [-0.05, 0) is 67.9 Å². The summed E-state index contributed by atoms with van der Waals surface area (Å²) in [6.07, 6.45) is 13.5. The number of alkyl halides is 1. The summed E-state index contributed by atoms with van der Waals surface area (Å²) in [5.41, 5.74) is 2.49. The number of carboxylic acid groups (broad SMARTS) is 1. The predicted octanol–water partition coefficient (Wildman–Crippen LogP) is 5.89. The molecule has 3 nitrogen and oxygen atoms in total. The number of carboxylic acids is 1. The summed E-state index contributed by atoms with van der Waals surface area (Å²) in [6.45, 7) is 0.634. The molecule has 0 saturated heterocycles. The van der Waals surface area contributed by atoms with Gasteiger partial charge < -0.3 is 9.84 Å². The van der Waals surface area contributed by atoms with Gasteiger partial charge in [0.15, 0.2) is 0 Å². The van der Waals surface area contributed by atoms with Crippen LogP contribution in [0.1, 0.15) is 56.1 Å². The zero-order chi connectivity index (χ0) is 20.2. The molecule has 0 heterocycles. The lowest BCUT2D eigenvalue weighted by Crippen LogP contribution is -2.13. The largest absolute Gasteiger partial charge is 0.481 e. The molecule has 1 N–H and O–H groups in total. The van der Waals surface area contributed by atoms with Crippen molar-refractivity contribution in [3.63, 3.8) is 0 Å². The fourth-order valence-electron chi connectivity index (χ4n) is 3.91. The van der Waals surface area contributed by atoms with Crippen LogP contribution in [0.15, 0.2) is 48.6 Å². The Hall–Kier alpha value is -1.94. The molecule has 0 aliphatic heterocycles. The van der Waals surface area contributed by atoms with Crippen LogP contribution in [-0.4, -0.2) is 24.4 Å². The van der Waals surface area contributed by atoms with Gasteiger partial charge in [-0.2, -0.15) is 0 Å². The summed E-state index contributed by atoms with van der Waals surface area (Å²) in [7, 11) is 1.71. The van der Waals surface area contributed by atoms with E-state index in [0.717, 1.165) is 32.1 Å². The number of ether oxygens (including phenoxy) is 1. The maximum atomic E-state index is 14.3. The van der Waals surface area contributed by atoms with Crippen LogP contribution in [0.4, 0.5) is 4.39 Å². The molecule has 28 heavy (non-hydrogen) atoms. The molecule has 2 rings (SSSR count). The highest BCUT2D eigenvalue weighted by Gasteiger charge is 2.33. The summed E-state index contributed by atoms with van der Waals surface area (Å²) in [5, 5.41) is 8.64. The van der Waals surface area contributed by atoms with Gasteiger partial charge in [-0.1, -0.05) is 48.6 Å². The van der Waals surface area contributed by atoms with Crippen molar-refractivity contribution in [1.82, 2.24) is 0 Å². The summed E-state index contributed by atoms with van der Waals surface area (Å²) in [4.78, 5) is 10.5. The van der Waals surface area contributed by atoms with Gasteiger partial charge in [0.1, 0.15) is 6.17 Å². The van der Waals surface area contributed by atoms with Crippen molar-refractivity contribution in [3.05, 3.63) is 59.7 Å². The molecule has 1 saturated carbocycles. The molecule has 4 heteroatoms. The van der Waals surface area contributed by atoms with Crippen molar-refractivity contribution >= 4 is 5.97 Å². The monoisotopic (exact) mass is 388 g/mol. The molecule has 0 radical (unpaired) electrons. The first-order valence-electron chi connectivity index (χ1n) is 10.3. The van der Waals surface area contributed by atoms with Crippen molar-refractivity contribution in [1.29, 1.82) is 0 Å². The molecule has 1 aliphatic rings. The number of allylic oxidation sites excluding steroid dienone is 4. The van der Waals surface area contributed by atoms with E-state index in [0.29, 0.717) is 25.4 Å². The quantitative estimate of drug-likeness (QED) is 0.359. The fourth-order valence-corrected chi connectivity index (χ4v) is 3.91. The number of carbonyl (C=O) groups is 1. The second-order valence-corrected chi connectivity index (χ2v) is 7.63. The van der Waals surface area contributed by atoms with Crippen LogP contribution in [0.25, 0.3) is 0 Å². The van der Waals surface area contributed by atoms with Gasteiger partial charge in [0.2, 0.25) is 0 Å². The first kappa shape index (κ1) is 22.4. The molecule has 0 spiro atoms. The van der Waals surface area contributed by atoms with E-state index in [1.807, 2.05) is 12.2 Å². The Morgan fingerprint density at radius 2 is 2.04 bits per heavy atom. The summed E-state index contributed by atoms with van der Waals surface area (Å²) >= 11 is 0. The Morgan fingerprint density at radius 1 is 1.21 bits per heavy atom. The lowest BCUT2D eigenvalue weighted by Gasteiger charge is -2.16. The van der Waals surface area contributed by atoms with Crippen LogP contribution in [0.5, 0.6) is 0 Å². The third kappa shape index (κ3) is 7.97. The van der Waals surface area contributed by atoms with E-state index in [9.17, 15) is 9.18 Å². The highest BCUT2D eigenvalue weighted by atomic mass is 19.1. The first-order chi connectivity index (χ1) is 13.6. The van der Waals surface area contributed by atoms with E-state index in [2.05, 4.69) is 36.4 Å². The number of aliphatic carboxylic acids is 1. The zero-order valence-electron chi connectivity index (χ0n) is 16.9. The summed E-state index contributed by atoms with van der Waals surface area (Å²) < 4.78 is 19.4. The lowest BCUT2D eigenvalue weighted by atomic mass is 9.91. The van der Waals surface area contributed by atoms with Gasteiger partial charge in [-0.25, -0.2) is 4.39 Å². The normalized spacial score (nSPS) is 22.4. The number of aryl methyl sites for hydroxylation is 1. The average Bonchev–Trinajstić information content (AvgIpc) is 3.02. The van der Waals surface area contributed by atoms with Crippen LogP contribution in [0, 0.1) is 11.8 Å². The van der Waals surface area contributed by atoms with Gasteiger partial charge in [-0.3, -0.25) is 4.79 Å². The number of benzene rings is 1. The molecule has 1 aliphatic carbocycles. The minimum Gasteiger partial charge on any atom is -0.481 e. The maximum Gasteiger partial charge on any atom is 0.303 e. The number of methoxy groups -OCH3 is 1. The van der Waals surface area contributed by atoms with E-state index < -0.39 is 12.1 Å². The number of hydrogen-bond acceptors (Lipinski definition) is 2. The van der Waals surface area contributed by atoms with Crippen LogP contribution in [0.3, 0.4) is 0 Å². The molecule has 1 aromatic rings. The van der Waals surface area contributed by atoms with Gasteiger partial charge in [0.25, 0.3) is 0 Å². The first-order valence-corrected chi connectivity index (χ1v) is 10.3. The third-order valence-corrected chi connectivity index (χ3v) is 5.41. The average molecular weight is 389 g/mol. The van der Waals surface area contributed by atoms with Crippen molar-refractivity contribution < 1.29 is 19.0 Å². The van der Waals surface area contributed by atoms with Gasteiger partial charge in [0.05, 0.1) is 6.61 Å². The summed E-state index contributed by atoms with van der Waals surface area (Å²) in [6, 6.07) is 8.46.